The van der Waals surface area contributed by atoms with E-state index in [0.29, 0.717) is 18.5 Å². The number of urea groups is 1. The van der Waals surface area contributed by atoms with E-state index in [1.165, 1.54) is 11.6 Å². The van der Waals surface area contributed by atoms with Crippen LogP contribution in [0.25, 0.3) is 0 Å². The van der Waals surface area contributed by atoms with Crippen LogP contribution in [0.3, 0.4) is 0 Å². The second-order valence-corrected chi connectivity index (χ2v) is 5.17. The summed E-state index contributed by atoms with van der Waals surface area (Å²) < 4.78 is 13.4. The summed E-state index contributed by atoms with van der Waals surface area (Å²) in [4.78, 5) is 11.8. The molecule has 2 N–H and O–H groups in total. The van der Waals surface area contributed by atoms with Crippen LogP contribution < -0.4 is 10.6 Å². The number of rotatable bonds is 6. The van der Waals surface area contributed by atoms with Crippen molar-refractivity contribution in [1.82, 2.24) is 5.32 Å². The fourth-order valence-corrected chi connectivity index (χ4v) is 2.23. The molecule has 0 bridgehead atoms. The van der Waals surface area contributed by atoms with Crippen molar-refractivity contribution in [2.24, 2.45) is 0 Å². The summed E-state index contributed by atoms with van der Waals surface area (Å²) in [5.41, 5.74) is 2.61. The van der Waals surface area contributed by atoms with Crippen LogP contribution in [0.15, 0.2) is 48.5 Å². The fourth-order valence-electron chi connectivity index (χ4n) is 2.23. The maximum Gasteiger partial charge on any atom is 0.319 e. The Hall–Kier alpha value is -2.36. The molecule has 0 aliphatic heterocycles. The lowest BCUT2D eigenvalue weighted by Crippen LogP contribution is -2.30. The third-order valence-electron chi connectivity index (χ3n) is 3.39. The number of nitrogens with one attached hydrogen (secondary N) is 2. The number of halogens is 1. The van der Waals surface area contributed by atoms with Crippen molar-refractivity contribution >= 4 is 11.7 Å². The zero-order valence-electron chi connectivity index (χ0n) is 12.7. The zero-order chi connectivity index (χ0) is 15.8. The number of aryl methyl sites for hydroxylation is 1. The number of carbonyl (C=O) groups excluding carboxylic acids is 1. The van der Waals surface area contributed by atoms with Crippen LogP contribution in [0.1, 0.15) is 24.5 Å². The number of amides is 2. The molecule has 0 aliphatic carbocycles. The molecule has 22 heavy (non-hydrogen) atoms. The zero-order valence-corrected chi connectivity index (χ0v) is 12.7. The van der Waals surface area contributed by atoms with Crippen LogP contribution in [0.5, 0.6) is 0 Å². The molecule has 0 aromatic heterocycles. The third-order valence-corrected chi connectivity index (χ3v) is 3.39. The molecule has 0 radical (unpaired) electrons. The van der Waals surface area contributed by atoms with E-state index in [4.69, 9.17) is 0 Å². The molecule has 3 nitrogen and oxygen atoms in total. The van der Waals surface area contributed by atoms with Crippen molar-refractivity contribution in [3.63, 3.8) is 0 Å². The normalized spacial score (nSPS) is 10.3. The maximum atomic E-state index is 13.4. The molecule has 0 atom stereocenters. The molecular formula is C18H21FN2O. The molecule has 2 rings (SSSR count). The molecule has 0 saturated heterocycles. The maximum absolute atomic E-state index is 13.4. The lowest BCUT2D eigenvalue weighted by atomic mass is 10.1. The first-order valence-electron chi connectivity index (χ1n) is 7.56. The van der Waals surface area contributed by atoms with Gasteiger partial charge in [-0.05, 0) is 42.2 Å². The van der Waals surface area contributed by atoms with Crippen LogP contribution >= 0.6 is 0 Å². The first-order valence-corrected chi connectivity index (χ1v) is 7.56. The van der Waals surface area contributed by atoms with Gasteiger partial charge >= 0.3 is 6.03 Å². The van der Waals surface area contributed by atoms with E-state index < -0.39 is 0 Å². The number of carbonyl (C=O) groups is 1. The summed E-state index contributed by atoms with van der Waals surface area (Å²) in [5.74, 6) is -0.240. The molecule has 0 saturated carbocycles. The average molecular weight is 300 g/mol. The van der Waals surface area contributed by atoms with Gasteiger partial charge in [-0.1, -0.05) is 43.7 Å². The second-order valence-electron chi connectivity index (χ2n) is 5.17. The number of benzene rings is 2. The number of hydrogen-bond donors (Lipinski definition) is 2. The van der Waals surface area contributed by atoms with Gasteiger partial charge in [-0.25, -0.2) is 9.18 Å². The van der Waals surface area contributed by atoms with Gasteiger partial charge in [-0.2, -0.15) is 0 Å². The molecule has 2 aromatic rings. The summed E-state index contributed by atoms with van der Waals surface area (Å²) in [6, 6.07) is 14.1. The predicted octanol–water partition coefficient (Wildman–Crippen LogP) is 4.14. The Kier molecular flexibility index (Phi) is 5.95. The molecule has 2 aromatic carbocycles. The minimum absolute atomic E-state index is 0.240. The summed E-state index contributed by atoms with van der Waals surface area (Å²) in [6.07, 6.45) is 2.61. The topological polar surface area (TPSA) is 41.1 Å². The molecule has 0 spiro atoms. The average Bonchev–Trinajstić information content (AvgIpc) is 2.51. The van der Waals surface area contributed by atoms with Crippen LogP contribution in [0.2, 0.25) is 0 Å². The first kappa shape index (κ1) is 16.0. The Morgan fingerprint density at radius 3 is 2.45 bits per heavy atom. The summed E-state index contributed by atoms with van der Waals surface area (Å²) in [6.45, 7) is 2.52. The Morgan fingerprint density at radius 1 is 1.05 bits per heavy atom. The van der Waals surface area contributed by atoms with E-state index in [1.54, 1.807) is 18.2 Å². The van der Waals surface area contributed by atoms with E-state index in [9.17, 15) is 9.18 Å². The highest BCUT2D eigenvalue weighted by atomic mass is 19.1. The van der Waals surface area contributed by atoms with Gasteiger partial charge < -0.3 is 10.6 Å². The molecule has 116 valence electrons. The Morgan fingerprint density at radius 2 is 1.77 bits per heavy atom. The number of hydrogen-bond acceptors (Lipinski definition) is 1. The van der Waals surface area contributed by atoms with Crippen molar-refractivity contribution in [1.29, 1.82) is 0 Å². The van der Waals surface area contributed by atoms with Crippen LogP contribution in [0, 0.1) is 5.82 Å². The van der Waals surface area contributed by atoms with Gasteiger partial charge in [0.1, 0.15) is 5.82 Å². The van der Waals surface area contributed by atoms with Gasteiger partial charge in [0, 0.05) is 12.2 Å². The number of anilines is 1. The second kappa shape index (κ2) is 8.17. The lowest BCUT2D eigenvalue weighted by molar-refractivity contribution is 0.252. The van der Waals surface area contributed by atoms with E-state index in [1.807, 2.05) is 24.3 Å². The quantitative estimate of drug-likeness (QED) is 0.827. The lowest BCUT2D eigenvalue weighted by Gasteiger charge is -2.09. The highest BCUT2D eigenvalue weighted by Crippen LogP contribution is 2.11. The van der Waals surface area contributed by atoms with Gasteiger partial charge in [0.2, 0.25) is 0 Å². The standard InChI is InChI=1S/C18H21FN2O/c1-2-5-14-8-10-16(11-9-14)21-18(22)20-13-12-15-6-3-4-7-17(15)19/h3-4,6-11H,2,5,12-13H2,1H3,(H2,20,21,22). The van der Waals surface area contributed by atoms with E-state index in [-0.39, 0.29) is 11.8 Å². The van der Waals surface area contributed by atoms with E-state index in [2.05, 4.69) is 17.6 Å². The van der Waals surface area contributed by atoms with Crippen LogP contribution in [-0.2, 0) is 12.8 Å². The monoisotopic (exact) mass is 300 g/mol. The largest absolute Gasteiger partial charge is 0.338 e. The van der Waals surface area contributed by atoms with Crippen molar-refractivity contribution in [2.75, 3.05) is 11.9 Å². The van der Waals surface area contributed by atoms with Crippen molar-refractivity contribution in [3.05, 3.63) is 65.5 Å². The van der Waals surface area contributed by atoms with Crippen molar-refractivity contribution < 1.29 is 9.18 Å². The van der Waals surface area contributed by atoms with Gasteiger partial charge in [-0.15, -0.1) is 0 Å². The Balaban J connectivity index is 1.77. The van der Waals surface area contributed by atoms with Gasteiger partial charge in [0.15, 0.2) is 0 Å². The van der Waals surface area contributed by atoms with Gasteiger partial charge in [0.25, 0.3) is 0 Å². The molecular weight excluding hydrogens is 279 g/mol. The fraction of sp³-hybridized carbons (Fsp3) is 0.278. The minimum Gasteiger partial charge on any atom is -0.338 e. The van der Waals surface area contributed by atoms with E-state index in [0.717, 1.165) is 18.5 Å². The highest BCUT2D eigenvalue weighted by Gasteiger charge is 2.03. The summed E-state index contributed by atoms with van der Waals surface area (Å²) in [7, 11) is 0. The Labute approximate surface area is 130 Å². The molecule has 2 amide bonds. The van der Waals surface area contributed by atoms with E-state index >= 15 is 0 Å². The molecule has 4 heteroatoms. The van der Waals surface area contributed by atoms with Crippen LogP contribution in [0.4, 0.5) is 14.9 Å². The predicted molar refractivity (Wildman–Crippen MR) is 87.6 cm³/mol. The Bertz CT molecular complexity index is 611. The van der Waals surface area contributed by atoms with Gasteiger partial charge in [0.05, 0.1) is 0 Å². The third kappa shape index (κ3) is 4.88. The molecule has 0 unspecified atom stereocenters. The minimum atomic E-state index is -0.278. The van der Waals surface area contributed by atoms with Crippen molar-refractivity contribution in [2.45, 2.75) is 26.2 Å². The van der Waals surface area contributed by atoms with Gasteiger partial charge in [-0.3, -0.25) is 0 Å². The summed E-state index contributed by atoms with van der Waals surface area (Å²) in [5, 5.41) is 5.50. The smallest absolute Gasteiger partial charge is 0.319 e. The first-order chi connectivity index (χ1) is 10.7. The van der Waals surface area contributed by atoms with Crippen molar-refractivity contribution in [3.8, 4) is 0 Å². The SMILES string of the molecule is CCCc1ccc(NC(=O)NCCc2ccccc2F)cc1. The highest BCUT2D eigenvalue weighted by molar-refractivity contribution is 5.89. The molecule has 0 heterocycles. The summed E-state index contributed by atoms with van der Waals surface area (Å²) >= 11 is 0. The molecule has 0 fully saturated rings. The van der Waals surface area contributed by atoms with Crippen LogP contribution in [-0.4, -0.2) is 12.6 Å². The molecule has 0 aliphatic rings.